The first-order valence-corrected chi connectivity index (χ1v) is 15.5. The van der Waals surface area contributed by atoms with E-state index in [0.29, 0.717) is 33.9 Å². The molecule has 10 nitrogen and oxygen atoms in total. The first-order chi connectivity index (χ1) is 22.1. The van der Waals surface area contributed by atoms with Crippen molar-refractivity contribution in [1.82, 2.24) is 4.57 Å². The number of carbonyl (C=O) groups is 3. The third kappa shape index (κ3) is 5.32. The van der Waals surface area contributed by atoms with Crippen LogP contribution >= 0.6 is 11.3 Å². The number of methoxy groups -OCH3 is 1. The van der Waals surface area contributed by atoms with Crippen molar-refractivity contribution >= 4 is 40.4 Å². The van der Waals surface area contributed by atoms with E-state index in [1.807, 2.05) is 55.5 Å². The molecule has 234 valence electrons. The molecule has 0 N–H and O–H groups in total. The number of hydrogen-bond donors (Lipinski definition) is 0. The highest BCUT2D eigenvalue weighted by Gasteiger charge is 2.37. The predicted molar refractivity (Wildman–Crippen MR) is 172 cm³/mol. The Morgan fingerprint density at radius 2 is 1.72 bits per heavy atom. The molecule has 0 fully saturated rings. The van der Waals surface area contributed by atoms with Gasteiger partial charge in [0, 0.05) is 12.5 Å². The third-order valence-corrected chi connectivity index (χ3v) is 8.91. The number of thiazole rings is 1. The number of hydrogen-bond acceptors (Lipinski definition) is 9. The number of fused-ring (bicyclic) bond motifs is 2. The molecule has 11 heteroatoms. The summed E-state index contributed by atoms with van der Waals surface area (Å²) in [5.41, 5.74) is 4.29. The van der Waals surface area contributed by atoms with E-state index >= 15 is 0 Å². The Morgan fingerprint density at radius 3 is 2.41 bits per heavy atom. The molecule has 2 aliphatic heterocycles. The highest BCUT2D eigenvalue weighted by Crippen LogP contribution is 2.38. The van der Waals surface area contributed by atoms with Crippen molar-refractivity contribution in [2.24, 2.45) is 4.99 Å². The third-order valence-electron chi connectivity index (χ3n) is 7.86. The molecule has 4 aromatic rings. The smallest absolute Gasteiger partial charge is 0.338 e. The maximum atomic E-state index is 14.5. The molecule has 46 heavy (non-hydrogen) atoms. The number of anilines is 1. The number of nitrogens with zero attached hydrogens (tertiary/aromatic N) is 3. The molecule has 2 aliphatic rings. The van der Waals surface area contributed by atoms with E-state index < -0.39 is 23.5 Å². The quantitative estimate of drug-likeness (QED) is 0.223. The Bertz CT molecular complexity index is 2130. The second kappa shape index (κ2) is 12.2. The van der Waals surface area contributed by atoms with Gasteiger partial charge in [-0.2, -0.15) is 0 Å². The van der Waals surface area contributed by atoms with Crippen LogP contribution in [0.1, 0.15) is 49.1 Å². The van der Waals surface area contributed by atoms with Crippen LogP contribution in [-0.4, -0.2) is 36.1 Å². The van der Waals surface area contributed by atoms with E-state index in [1.54, 1.807) is 36.9 Å². The molecule has 6 rings (SSSR count). The number of aryl methyl sites for hydroxylation is 1. The highest BCUT2D eigenvalue weighted by molar-refractivity contribution is 7.07. The van der Waals surface area contributed by atoms with Gasteiger partial charge < -0.3 is 19.1 Å². The molecular formula is C35H31N3O7S. The SMILES string of the molecule is CCOC(=O)C1=C(C)N=c2s/c(=C3\C(=O)N(Cc4ccc(C)cc4)c4ccccc43)c(=O)n2C1c1ccc(OC(C)=O)c(OC)c1. The van der Waals surface area contributed by atoms with E-state index in [1.165, 1.54) is 18.6 Å². The zero-order chi connectivity index (χ0) is 32.7. The van der Waals surface area contributed by atoms with Crippen molar-refractivity contribution in [3.05, 3.63) is 120 Å². The summed E-state index contributed by atoms with van der Waals surface area (Å²) in [5, 5.41) is 0. The molecule has 1 aromatic heterocycles. The van der Waals surface area contributed by atoms with Crippen molar-refractivity contribution < 1.29 is 28.6 Å². The zero-order valence-electron chi connectivity index (χ0n) is 26.0. The molecule has 0 aliphatic carbocycles. The summed E-state index contributed by atoms with van der Waals surface area (Å²) in [7, 11) is 1.43. The topological polar surface area (TPSA) is 117 Å². The second-order valence-electron chi connectivity index (χ2n) is 10.9. The lowest BCUT2D eigenvalue weighted by Crippen LogP contribution is -2.41. The highest BCUT2D eigenvalue weighted by atomic mass is 32.1. The average molecular weight is 638 g/mol. The number of aromatic nitrogens is 1. The van der Waals surface area contributed by atoms with Gasteiger partial charge >= 0.3 is 11.9 Å². The predicted octanol–water partition coefficient (Wildman–Crippen LogP) is 3.96. The second-order valence-corrected chi connectivity index (χ2v) is 11.9. The lowest BCUT2D eigenvalue weighted by Gasteiger charge is -2.25. The minimum absolute atomic E-state index is 0.119. The maximum absolute atomic E-state index is 14.5. The van der Waals surface area contributed by atoms with E-state index in [4.69, 9.17) is 14.2 Å². The summed E-state index contributed by atoms with van der Waals surface area (Å²) in [4.78, 5) is 60.4. The zero-order valence-corrected chi connectivity index (χ0v) is 26.8. The van der Waals surface area contributed by atoms with Crippen molar-refractivity contribution in [3.8, 4) is 11.5 Å². The number of para-hydroxylation sites is 1. The minimum atomic E-state index is -0.958. The summed E-state index contributed by atoms with van der Waals surface area (Å²) in [5.74, 6) is -1.02. The Kier molecular flexibility index (Phi) is 8.18. The summed E-state index contributed by atoms with van der Waals surface area (Å²) >= 11 is 1.10. The molecule has 0 bridgehead atoms. The first kappa shape index (κ1) is 30.7. The average Bonchev–Trinajstić information content (AvgIpc) is 3.49. The molecule has 1 amide bonds. The molecule has 3 heterocycles. The molecule has 1 atom stereocenters. The minimum Gasteiger partial charge on any atom is -0.493 e. The number of amides is 1. The van der Waals surface area contributed by atoms with Gasteiger partial charge in [-0.1, -0.05) is 65.4 Å². The van der Waals surface area contributed by atoms with Gasteiger partial charge in [-0.3, -0.25) is 19.0 Å². The molecule has 0 spiro atoms. The lowest BCUT2D eigenvalue weighted by atomic mass is 9.95. The molecule has 3 aromatic carbocycles. The van der Waals surface area contributed by atoms with Gasteiger partial charge in [-0.25, -0.2) is 9.79 Å². The van der Waals surface area contributed by atoms with Gasteiger partial charge in [0.1, 0.15) is 4.53 Å². The number of allylic oxidation sites excluding steroid dienone is 1. The molecule has 0 saturated carbocycles. The summed E-state index contributed by atoms with van der Waals surface area (Å²) < 4.78 is 17.8. The monoisotopic (exact) mass is 637 g/mol. The number of benzene rings is 3. The molecule has 0 radical (unpaired) electrons. The van der Waals surface area contributed by atoms with Gasteiger partial charge in [0.05, 0.1) is 48.8 Å². The van der Waals surface area contributed by atoms with Gasteiger partial charge in [0.2, 0.25) is 0 Å². The fourth-order valence-electron chi connectivity index (χ4n) is 5.78. The fraction of sp³-hybridized carbons (Fsp3) is 0.229. The maximum Gasteiger partial charge on any atom is 0.338 e. The van der Waals surface area contributed by atoms with Crippen LogP contribution in [0.25, 0.3) is 5.57 Å². The van der Waals surface area contributed by atoms with E-state index in [-0.39, 0.29) is 39.7 Å². The van der Waals surface area contributed by atoms with Crippen molar-refractivity contribution in [3.63, 3.8) is 0 Å². The molecule has 1 unspecified atom stereocenters. The lowest BCUT2D eigenvalue weighted by molar-refractivity contribution is -0.139. The van der Waals surface area contributed by atoms with Crippen LogP contribution in [0.15, 0.2) is 87.8 Å². The van der Waals surface area contributed by atoms with E-state index in [2.05, 4.69) is 4.99 Å². The van der Waals surface area contributed by atoms with E-state index in [0.717, 1.165) is 22.5 Å². The van der Waals surface area contributed by atoms with Crippen molar-refractivity contribution in [1.29, 1.82) is 0 Å². The fourth-order valence-corrected chi connectivity index (χ4v) is 6.92. The largest absolute Gasteiger partial charge is 0.493 e. The number of carbonyl (C=O) groups excluding carboxylic acids is 3. The number of esters is 2. The van der Waals surface area contributed by atoms with Crippen molar-refractivity contribution in [2.75, 3.05) is 18.6 Å². The van der Waals surface area contributed by atoms with Gasteiger partial charge in [0.15, 0.2) is 16.3 Å². The molecular weight excluding hydrogens is 606 g/mol. The Hall–Kier alpha value is -5.29. The molecule has 0 saturated heterocycles. The number of rotatable bonds is 7. The van der Waals surface area contributed by atoms with Gasteiger partial charge in [0.25, 0.3) is 11.5 Å². The summed E-state index contributed by atoms with van der Waals surface area (Å²) in [6.45, 7) is 7.12. The van der Waals surface area contributed by atoms with Crippen LogP contribution in [0.5, 0.6) is 11.5 Å². The van der Waals surface area contributed by atoms with Gasteiger partial charge in [-0.05, 0) is 50.1 Å². The van der Waals surface area contributed by atoms with Crippen LogP contribution in [0.2, 0.25) is 0 Å². The van der Waals surface area contributed by atoms with Crippen LogP contribution in [0.4, 0.5) is 5.69 Å². The van der Waals surface area contributed by atoms with Gasteiger partial charge in [-0.15, -0.1) is 0 Å². The Labute approximate surface area is 268 Å². The normalized spacial score (nSPS) is 16.5. The van der Waals surface area contributed by atoms with Crippen molar-refractivity contribution in [2.45, 2.75) is 40.3 Å². The van der Waals surface area contributed by atoms with E-state index in [9.17, 15) is 19.2 Å². The van der Waals surface area contributed by atoms with Crippen LogP contribution in [0, 0.1) is 6.92 Å². The summed E-state index contributed by atoms with van der Waals surface area (Å²) in [6.07, 6.45) is 0. The summed E-state index contributed by atoms with van der Waals surface area (Å²) in [6, 6.07) is 19.2. The number of ether oxygens (including phenoxy) is 3. The van der Waals surface area contributed by atoms with Crippen LogP contribution in [-0.2, 0) is 25.7 Å². The standard InChI is InChI=1S/C35H31N3O7S/c1-6-44-34(42)28-20(3)36-35-38(30(28)23-15-16-26(45-21(4)39)27(17-23)43-5)33(41)31(46-35)29-24-9-7-8-10-25(24)37(32(29)40)18-22-13-11-19(2)12-14-22/h7-17,30H,6,18H2,1-5H3/b31-29-. The Morgan fingerprint density at radius 1 is 0.978 bits per heavy atom. The van der Waals surface area contributed by atoms with Crippen LogP contribution in [0.3, 0.4) is 0 Å². The Balaban J connectivity index is 1.56. The van der Waals surface area contributed by atoms with Crippen LogP contribution < -0.4 is 29.3 Å². The first-order valence-electron chi connectivity index (χ1n) is 14.7.